The zero-order valence-electron chi connectivity index (χ0n) is 9.90. The van der Waals surface area contributed by atoms with Gasteiger partial charge in [-0.15, -0.1) is 23.2 Å². The summed E-state index contributed by atoms with van der Waals surface area (Å²) in [5.41, 5.74) is 1.59. The quantitative estimate of drug-likeness (QED) is 0.422. The van der Waals surface area contributed by atoms with Crippen LogP contribution >= 0.6 is 92.8 Å². The fourth-order valence-corrected chi connectivity index (χ4v) is 3.72. The molecule has 114 valence electrons. The Hall–Kier alpha value is 1.54. The summed E-state index contributed by atoms with van der Waals surface area (Å²) in [7, 11) is 0. The second kappa shape index (κ2) is 7.88. The molecule has 0 aromatic heterocycles. The Kier molecular flexibility index (Phi) is 7.72. The second-order valence-electron chi connectivity index (χ2n) is 4.24. The van der Waals surface area contributed by atoms with Gasteiger partial charge in [-0.25, -0.2) is 0 Å². The SMILES string of the molecule is ClC(CC(Cl)(Cl)Cl)c1cccc(C(Cl)CC(Cl)(Cl)Cl)c1. The molecule has 0 heterocycles. The van der Waals surface area contributed by atoms with Gasteiger partial charge in [-0.1, -0.05) is 93.9 Å². The summed E-state index contributed by atoms with van der Waals surface area (Å²) in [4.78, 5) is 0. The molecule has 0 spiro atoms. The first-order valence-corrected chi connectivity index (χ1v) is 8.63. The van der Waals surface area contributed by atoms with E-state index in [0.29, 0.717) is 0 Å². The second-order valence-corrected chi connectivity index (χ2v) is 10.3. The largest absolute Gasteiger partial charge is 0.192 e. The van der Waals surface area contributed by atoms with Crippen LogP contribution in [-0.4, -0.2) is 7.59 Å². The summed E-state index contributed by atoms with van der Waals surface area (Å²) < 4.78 is -2.83. The third kappa shape index (κ3) is 7.70. The van der Waals surface area contributed by atoms with E-state index in [2.05, 4.69) is 0 Å². The number of halogens is 8. The molecule has 1 rings (SSSR count). The Morgan fingerprint density at radius 2 is 1.10 bits per heavy atom. The molecule has 0 amide bonds. The average Bonchev–Trinajstić information content (AvgIpc) is 2.24. The minimum atomic E-state index is -1.42. The minimum Gasteiger partial charge on any atom is -0.118 e. The summed E-state index contributed by atoms with van der Waals surface area (Å²) in [6.45, 7) is 0. The Balaban J connectivity index is 2.85. The van der Waals surface area contributed by atoms with Crippen molar-refractivity contribution in [1.29, 1.82) is 0 Å². The van der Waals surface area contributed by atoms with Crippen molar-refractivity contribution in [1.82, 2.24) is 0 Å². The van der Waals surface area contributed by atoms with E-state index >= 15 is 0 Å². The van der Waals surface area contributed by atoms with Crippen LogP contribution in [0, 0.1) is 0 Å². The molecule has 1 aromatic carbocycles. The van der Waals surface area contributed by atoms with Gasteiger partial charge in [-0.2, -0.15) is 0 Å². The summed E-state index contributed by atoms with van der Waals surface area (Å²) in [5, 5.41) is -0.891. The van der Waals surface area contributed by atoms with Gasteiger partial charge >= 0.3 is 0 Å². The van der Waals surface area contributed by atoms with Crippen molar-refractivity contribution in [2.24, 2.45) is 0 Å². The Morgan fingerprint density at radius 1 is 0.750 bits per heavy atom. The van der Waals surface area contributed by atoms with Gasteiger partial charge in [0.1, 0.15) is 0 Å². The van der Waals surface area contributed by atoms with Crippen LogP contribution in [0.4, 0.5) is 0 Å². The van der Waals surface area contributed by atoms with E-state index in [-0.39, 0.29) is 12.8 Å². The highest BCUT2D eigenvalue weighted by atomic mass is 35.6. The maximum absolute atomic E-state index is 6.23. The van der Waals surface area contributed by atoms with E-state index in [1.54, 1.807) is 0 Å². The molecule has 8 heteroatoms. The summed E-state index contributed by atoms with van der Waals surface area (Å²) in [6.07, 6.45) is 0.361. The molecular formula is C12H10Cl8. The van der Waals surface area contributed by atoms with Gasteiger partial charge in [0.2, 0.25) is 0 Å². The van der Waals surface area contributed by atoms with Crippen molar-refractivity contribution in [3.8, 4) is 0 Å². The van der Waals surface area contributed by atoms with Crippen LogP contribution in [0.15, 0.2) is 24.3 Å². The van der Waals surface area contributed by atoms with Crippen molar-refractivity contribution < 1.29 is 0 Å². The topological polar surface area (TPSA) is 0 Å². The molecule has 0 N–H and O–H groups in total. The number of hydrogen-bond donors (Lipinski definition) is 0. The average molecular weight is 438 g/mol. The van der Waals surface area contributed by atoms with E-state index in [1.165, 1.54) is 0 Å². The zero-order chi connectivity index (χ0) is 15.6. The van der Waals surface area contributed by atoms with Crippen molar-refractivity contribution >= 4 is 92.8 Å². The van der Waals surface area contributed by atoms with Crippen LogP contribution in [0.3, 0.4) is 0 Å². The number of alkyl halides is 8. The molecule has 0 aliphatic carbocycles. The molecule has 0 aliphatic heterocycles. The van der Waals surface area contributed by atoms with Gasteiger partial charge in [0, 0.05) is 12.8 Å². The molecule has 1 aromatic rings. The molecule has 0 fully saturated rings. The van der Waals surface area contributed by atoms with Crippen molar-refractivity contribution in [3.05, 3.63) is 35.4 Å². The van der Waals surface area contributed by atoms with E-state index in [0.717, 1.165) is 11.1 Å². The Bertz CT molecular complexity index is 397. The first-order valence-electron chi connectivity index (χ1n) is 5.49. The molecule has 0 radical (unpaired) electrons. The first-order chi connectivity index (χ1) is 8.98. The van der Waals surface area contributed by atoms with E-state index in [9.17, 15) is 0 Å². The van der Waals surface area contributed by atoms with Gasteiger partial charge in [0.05, 0.1) is 10.8 Å². The van der Waals surface area contributed by atoms with Gasteiger partial charge in [0.25, 0.3) is 0 Å². The number of hydrogen-bond acceptors (Lipinski definition) is 0. The maximum Gasteiger partial charge on any atom is 0.192 e. The summed E-state index contributed by atoms with van der Waals surface area (Å²) in [5.74, 6) is 0. The lowest BCUT2D eigenvalue weighted by molar-refractivity contribution is 0.801. The third-order valence-corrected chi connectivity index (χ3v) is 4.19. The number of benzene rings is 1. The molecular weight excluding hydrogens is 428 g/mol. The highest BCUT2D eigenvalue weighted by Gasteiger charge is 2.27. The molecule has 2 atom stereocenters. The molecule has 0 nitrogen and oxygen atoms in total. The van der Waals surface area contributed by atoms with Crippen molar-refractivity contribution in [3.63, 3.8) is 0 Å². The normalized spacial score (nSPS) is 16.0. The van der Waals surface area contributed by atoms with E-state index < -0.39 is 18.3 Å². The first kappa shape index (κ1) is 19.6. The van der Waals surface area contributed by atoms with Gasteiger partial charge in [0.15, 0.2) is 7.59 Å². The Labute approximate surface area is 158 Å². The summed E-state index contributed by atoms with van der Waals surface area (Å²) in [6, 6.07) is 7.29. The lowest BCUT2D eigenvalue weighted by atomic mass is 10.0. The fourth-order valence-electron chi connectivity index (χ4n) is 1.59. The predicted molar refractivity (Wildman–Crippen MR) is 93.4 cm³/mol. The zero-order valence-corrected chi connectivity index (χ0v) is 15.9. The smallest absolute Gasteiger partial charge is 0.118 e. The van der Waals surface area contributed by atoms with Gasteiger partial charge < -0.3 is 0 Å². The lowest BCUT2D eigenvalue weighted by Gasteiger charge is -2.19. The summed E-state index contributed by atoms with van der Waals surface area (Å²) >= 11 is 46.9. The highest BCUT2D eigenvalue weighted by Crippen LogP contribution is 2.42. The fraction of sp³-hybridized carbons (Fsp3) is 0.500. The van der Waals surface area contributed by atoms with Crippen LogP contribution < -0.4 is 0 Å². The van der Waals surface area contributed by atoms with Gasteiger partial charge in [-0.3, -0.25) is 0 Å². The molecule has 0 saturated heterocycles. The highest BCUT2D eigenvalue weighted by molar-refractivity contribution is 6.68. The monoisotopic (exact) mass is 434 g/mol. The number of rotatable bonds is 4. The lowest BCUT2D eigenvalue weighted by Crippen LogP contribution is -2.08. The predicted octanol–water partition coefficient (Wildman–Crippen LogP) is 7.77. The van der Waals surface area contributed by atoms with E-state index in [4.69, 9.17) is 92.8 Å². The molecule has 0 aliphatic rings. The minimum absolute atomic E-state index is 0.181. The van der Waals surface area contributed by atoms with Gasteiger partial charge in [-0.05, 0) is 11.1 Å². The van der Waals surface area contributed by atoms with Crippen LogP contribution in [0.2, 0.25) is 0 Å². The maximum atomic E-state index is 6.23. The molecule has 20 heavy (non-hydrogen) atoms. The van der Waals surface area contributed by atoms with E-state index in [1.807, 2.05) is 24.3 Å². The molecule has 0 saturated carbocycles. The Morgan fingerprint density at radius 3 is 1.40 bits per heavy atom. The molecule has 0 bridgehead atoms. The van der Waals surface area contributed by atoms with Crippen LogP contribution in [0.25, 0.3) is 0 Å². The van der Waals surface area contributed by atoms with Crippen LogP contribution in [-0.2, 0) is 0 Å². The standard InChI is InChI=1S/C12H10Cl8/c13-9(5-11(15,16)17)7-2-1-3-8(4-7)10(14)6-12(18,19)20/h1-4,9-10H,5-6H2. The third-order valence-electron chi connectivity index (χ3n) is 2.46. The molecule has 2 unspecified atom stereocenters. The van der Waals surface area contributed by atoms with Crippen molar-refractivity contribution in [2.75, 3.05) is 0 Å². The van der Waals surface area contributed by atoms with Crippen LogP contribution in [0.5, 0.6) is 0 Å². The van der Waals surface area contributed by atoms with Crippen LogP contribution in [0.1, 0.15) is 34.7 Å². The van der Waals surface area contributed by atoms with Crippen molar-refractivity contribution in [2.45, 2.75) is 31.2 Å².